The number of allylic oxidation sites excluding steroid dienone is 1. The SMILES string of the molecule is CC1=C(C(=O)Nc2ccc3cn[nH]c3c2)Cn2nnnc2N1C. The van der Waals surface area contributed by atoms with E-state index in [1.165, 1.54) is 0 Å². The van der Waals surface area contributed by atoms with Gasteiger partial charge in [0.1, 0.15) is 0 Å². The van der Waals surface area contributed by atoms with Crippen molar-refractivity contribution < 1.29 is 4.79 Å². The zero-order valence-electron chi connectivity index (χ0n) is 12.6. The van der Waals surface area contributed by atoms with Crippen molar-refractivity contribution in [2.45, 2.75) is 13.5 Å². The van der Waals surface area contributed by atoms with Crippen LogP contribution < -0.4 is 10.2 Å². The van der Waals surface area contributed by atoms with Crippen molar-refractivity contribution in [2.75, 3.05) is 17.3 Å². The minimum atomic E-state index is -0.172. The average Bonchev–Trinajstić information content (AvgIpc) is 3.18. The molecule has 1 amide bonds. The Balaban J connectivity index is 1.62. The first-order valence-corrected chi connectivity index (χ1v) is 7.07. The van der Waals surface area contributed by atoms with Crippen LogP contribution >= 0.6 is 0 Å². The molecule has 1 aromatic carbocycles. The molecule has 3 heterocycles. The summed E-state index contributed by atoms with van der Waals surface area (Å²) in [5.74, 6) is 0.451. The highest BCUT2D eigenvalue weighted by atomic mass is 16.1. The summed E-state index contributed by atoms with van der Waals surface area (Å²) in [6.45, 7) is 2.22. The van der Waals surface area contributed by atoms with E-state index in [2.05, 4.69) is 31.0 Å². The van der Waals surface area contributed by atoms with E-state index in [9.17, 15) is 4.79 Å². The lowest BCUT2D eigenvalue weighted by Crippen LogP contribution is -2.32. The standard InChI is InChI=1S/C14H14N8O/c1-8-11(7-22-14(21(8)2)18-19-20-22)13(23)16-10-4-3-9-6-15-17-12(9)5-10/h3-6H,7H2,1-2H3,(H,15,17)(H,16,23). The number of nitrogens with one attached hydrogen (secondary N) is 2. The Bertz CT molecular complexity index is 937. The summed E-state index contributed by atoms with van der Waals surface area (Å²) in [4.78, 5) is 14.4. The Morgan fingerprint density at radius 3 is 3.13 bits per heavy atom. The Morgan fingerprint density at radius 2 is 2.26 bits per heavy atom. The van der Waals surface area contributed by atoms with Crippen LogP contribution in [0, 0.1) is 0 Å². The molecule has 1 aliphatic rings. The molecule has 2 N–H and O–H groups in total. The largest absolute Gasteiger partial charge is 0.322 e. The van der Waals surface area contributed by atoms with E-state index >= 15 is 0 Å². The molecule has 0 unspecified atom stereocenters. The van der Waals surface area contributed by atoms with Gasteiger partial charge in [-0.3, -0.25) is 9.89 Å². The minimum absolute atomic E-state index is 0.172. The van der Waals surface area contributed by atoms with Crippen LogP contribution in [0.5, 0.6) is 0 Å². The molecule has 4 rings (SSSR count). The van der Waals surface area contributed by atoms with Gasteiger partial charge >= 0.3 is 0 Å². The predicted octanol–water partition coefficient (Wildman–Crippen LogP) is 0.912. The van der Waals surface area contributed by atoms with Gasteiger partial charge in [0.25, 0.3) is 5.91 Å². The smallest absolute Gasteiger partial charge is 0.255 e. The zero-order valence-corrected chi connectivity index (χ0v) is 12.6. The van der Waals surface area contributed by atoms with Crippen molar-refractivity contribution in [2.24, 2.45) is 0 Å². The van der Waals surface area contributed by atoms with Crippen molar-refractivity contribution >= 4 is 28.4 Å². The molecule has 23 heavy (non-hydrogen) atoms. The molecule has 1 aliphatic heterocycles. The summed E-state index contributed by atoms with van der Waals surface area (Å²) in [5.41, 5.74) is 3.03. The number of fused-ring (bicyclic) bond motifs is 2. The lowest BCUT2D eigenvalue weighted by atomic mass is 10.1. The second-order valence-electron chi connectivity index (χ2n) is 5.39. The summed E-state index contributed by atoms with van der Waals surface area (Å²) in [7, 11) is 1.83. The third-order valence-electron chi connectivity index (χ3n) is 4.03. The molecule has 0 spiro atoms. The fourth-order valence-corrected chi connectivity index (χ4v) is 2.62. The van der Waals surface area contributed by atoms with Gasteiger partial charge in [-0.2, -0.15) is 5.10 Å². The summed E-state index contributed by atoms with van der Waals surface area (Å²) in [5, 5.41) is 22.3. The summed E-state index contributed by atoms with van der Waals surface area (Å²) in [6, 6.07) is 5.61. The third kappa shape index (κ3) is 2.13. The maximum atomic E-state index is 12.6. The Kier molecular flexibility index (Phi) is 2.86. The van der Waals surface area contributed by atoms with Crippen LogP contribution in [0.3, 0.4) is 0 Å². The number of nitrogens with zero attached hydrogens (tertiary/aromatic N) is 6. The molecule has 2 aromatic heterocycles. The number of carbonyl (C=O) groups excluding carboxylic acids is 1. The second-order valence-corrected chi connectivity index (χ2v) is 5.39. The van der Waals surface area contributed by atoms with E-state index in [1.807, 2.05) is 32.2 Å². The van der Waals surface area contributed by atoms with Crippen LogP contribution in [0.25, 0.3) is 10.9 Å². The van der Waals surface area contributed by atoms with Gasteiger partial charge in [-0.05, 0) is 35.5 Å². The number of rotatable bonds is 2. The molecule has 0 radical (unpaired) electrons. The number of benzene rings is 1. The molecule has 0 bridgehead atoms. The molecule has 0 fully saturated rings. The Hall–Kier alpha value is -3.23. The van der Waals surface area contributed by atoms with E-state index in [0.29, 0.717) is 23.8 Å². The number of carbonyl (C=O) groups is 1. The quantitative estimate of drug-likeness (QED) is 0.729. The predicted molar refractivity (Wildman–Crippen MR) is 83.6 cm³/mol. The maximum absolute atomic E-state index is 12.6. The van der Waals surface area contributed by atoms with Gasteiger partial charge in [0.2, 0.25) is 5.95 Å². The molecular formula is C14H14N8O. The molecule has 9 nitrogen and oxygen atoms in total. The monoisotopic (exact) mass is 310 g/mol. The number of H-pyrrole nitrogens is 1. The van der Waals surface area contributed by atoms with Crippen molar-refractivity contribution in [1.82, 2.24) is 30.4 Å². The van der Waals surface area contributed by atoms with Gasteiger partial charge in [-0.25, -0.2) is 4.68 Å². The molecule has 0 saturated heterocycles. The van der Waals surface area contributed by atoms with Gasteiger partial charge in [0.15, 0.2) is 0 Å². The van der Waals surface area contributed by atoms with E-state index in [0.717, 1.165) is 16.6 Å². The van der Waals surface area contributed by atoms with Gasteiger partial charge in [-0.1, -0.05) is 5.10 Å². The number of hydrogen-bond donors (Lipinski definition) is 2. The highest BCUT2D eigenvalue weighted by Gasteiger charge is 2.26. The molecule has 0 atom stereocenters. The van der Waals surface area contributed by atoms with Gasteiger partial charge in [-0.15, -0.1) is 0 Å². The van der Waals surface area contributed by atoms with Crippen molar-refractivity contribution in [3.05, 3.63) is 35.7 Å². The normalized spacial score (nSPS) is 14.3. The first-order valence-electron chi connectivity index (χ1n) is 7.07. The van der Waals surface area contributed by atoms with Gasteiger partial charge in [0, 0.05) is 23.8 Å². The highest BCUT2D eigenvalue weighted by Crippen LogP contribution is 2.24. The van der Waals surface area contributed by atoms with E-state index in [1.54, 1.807) is 15.8 Å². The summed E-state index contributed by atoms with van der Waals surface area (Å²) in [6.07, 6.45) is 1.74. The number of amides is 1. The first-order chi connectivity index (χ1) is 11.1. The van der Waals surface area contributed by atoms with Crippen molar-refractivity contribution in [3.63, 3.8) is 0 Å². The van der Waals surface area contributed by atoms with Crippen LogP contribution in [0.4, 0.5) is 11.6 Å². The van der Waals surface area contributed by atoms with Crippen LogP contribution in [0.2, 0.25) is 0 Å². The Labute approximate surface area is 131 Å². The van der Waals surface area contributed by atoms with Crippen molar-refractivity contribution in [3.8, 4) is 0 Å². The number of aromatic amines is 1. The number of anilines is 2. The van der Waals surface area contributed by atoms with Crippen LogP contribution in [0.15, 0.2) is 35.7 Å². The minimum Gasteiger partial charge on any atom is -0.322 e. The molecule has 0 saturated carbocycles. The summed E-state index contributed by atoms with van der Waals surface area (Å²) < 4.78 is 1.60. The van der Waals surface area contributed by atoms with E-state index in [-0.39, 0.29) is 5.91 Å². The number of aromatic nitrogens is 6. The molecular weight excluding hydrogens is 296 g/mol. The van der Waals surface area contributed by atoms with Crippen molar-refractivity contribution in [1.29, 1.82) is 0 Å². The highest BCUT2D eigenvalue weighted by molar-refractivity contribution is 6.05. The van der Waals surface area contributed by atoms with Gasteiger partial charge < -0.3 is 10.2 Å². The van der Waals surface area contributed by atoms with Crippen LogP contribution in [-0.2, 0) is 11.3 Å². The van der Waals surface area contributed by atoms with Crippen LogP contribution in [0.1, 0.15) is 6.92 Å². The lowest BCUT2D eigenvalue weighted by Gasteiger charge is -2.26. The average molecular weight is 310 g/mol. The Morgan fingerprint density at radius 1 is 1.39 bits per heavy atom. The first kappa shape index (κ1) is 13.4. The van der Waals surface area contributed by atoms with Gasteiger partial charge in [0.05, 0.1) is 23.8 Å². The second kappa shape index (κ2) is 4.90. The fourth-order valence-electron chi connectivity index (χ4n) is 2.62. The molecule has 3 aromatic rings. The van der Waals surface area contributed by atoms with E-state index in [4.69, 9.17) is 0 Å². The topological polar surface area (TPSA) is 105 Å². The molecule has 116 valence electrons. The lowest BCUT2D eigenvalue weighted by molar-refractivity contribution is -0.113. The number of hydrogen-bond acceptors (Lipinski definition) is 6. The van der Waals surface area contributed by atoms with E-state index < -0.39 is 0 Å². The fraction of sp³-hybridized carbons (Fsp3) is 0.214. The summed E-state index contributed by atoms with van der Waals surface area (Å²) >= 11 is 0. The zero-order chi connectivity index (χ0) is 16.0. The molecule has 0 aliphatic carbocycles. The third-order valence-corrected chi connectivity index (χ3v) is 4.03. The van der Waals surface area contributed by atoms with Crippen LogP contribution in [-0.4, -0.2) is 43.4 Å². The maximum Gasteiger partial charge on any atom is 0.255 e. The number of tetrazole rings is 1. The molecule has 9 heteroatoms.